The van der Waals surface area contributed by atoms with Crippen LogP contribution in [0.3, 0.4) is 0 Å². The highest BCUT2D eigenvalue weighted by atomic mass is 16.6. The standard InChI is InChI=1S/C29H32N4O7/c1-4-29(38)21-12-23-25-16(13-33(23)26(34)20(21)15-39-27(29)35)11-18-19(14-31(2)3)24(6-5-22(18)30-25)40-17-7-9-32(10-8-17)28(36)37/h5-6,11-12,17,38H,4,7-10,13-15H2,1-3H3,(H,36,37). The first-order valence-electron chi connectivity index (χ1n) is 13.5. The summed E-state index contributed by atoms with van der Waals surface area (Å²) < 4.78 is 13.2. The molecule has 1 amide bonds. The zero-order valence-corrected chi connectivity index (χ0v) is 22.8. The van der Waals surface area contributed by atoms with E-state index in [2.05, 4.69) is 11.0 Å². The third-order valence-corrected chi connectivity index (χ3v) is 8.24. The van der Waals surface area contributed by atoms with Crippen molar-refractivity contribution in [3.05, 3.63) is 56.9 Å². The number of carbonyl (C=O) groups excluding carboxylic acids is 1. The second-order valence-corrected chi connectivity index (χ2v) is 11.0. The van der Waals surface area contributed by atoms with E-state index in [1.54, 1.807) is 17.6 Å². The molecule has 0 radical (unpaired) electrons. The molecule has 2 N–H and O–H groups in total. The lowest BCUT2D eigenvalue weighted by atomic mass is 9.86. The molecule has 0 saturated carbocycles. The fourth-order valence-corrected chi connectivity index (χ4v) is 6.03. The number of ether oxygens (including phenoxy) is 2. The molecule has 11 nitrogen and oxygen atoms in total. The van der Waals surface area contributed by atoms with E-state index in [0.717, 1.165) is 27.8 Å². The van der Waals surface area contributed by atoms with Gasteiger partial charge in [0.15, 0.2) is 5.60 Å². The molecule has 1 saturated heterocycles. The zero-order chi connectivity index (χ0) is 28.3. The summed E-state index contributed by atoms with van der Waals surface area (Å²) >= 11 is 0. The van der Waals surface area contributed by atoms with E-state index >= 15 is 0 Å². The van der Waals surface area contributed by atoms with Crippen molar-refractivity contribution in [2.45, 2.75) is 57.6 Å². The minimum atomic E-state index is -1.87. The monoisotopic (exact) mass is 548 g/mol. The van der Waals surface area contributed by atoms with Gasteiger partial charge in [0.2, 0.25) is 0 Å². The van der Waals surface area contributed by atoms with Gasteiger partial charge in [-0.1, -0.05) is 6.92 Å². The molecule has 11 heteroatoms. The van der Waals surface area contributed by atoms with Gasteiger partial charge in [0.25, 0.3) is 5.56 Å². The summed E-state index contributed by atoms with van der Waals surface area (Å²) in [6.07, 6.45) is 0.330. The molecule has 1 aromatic carbocycles. The second kappa shape index (κ2) is 9.60. The topological polar surface area (TPSA) is 134 Å². The lowest BCUT2D eigenvalue weighted by Gasteiger charge is -2.31. The van der Waals surface area contributed by atoms with Crippen LogP contribution in [0.25, 0.3) is 22.3 Å². The van der Waals surface area contributed by atoms with Gasteiger partial charge < -0.3 is 34.1 Å². The fraction of sp³-hybridized carbons (Fsp3) is 0.448. The largest absolute Gasteiger partial charge is 0.490 e. The van der Waals surface area contributed by atoms with Crippen molar-refractivity contribution in [1.29, 1.82) is 0 Å². The number of hydrogen-bond donors (Lipinski definition) is 2. The summed E-state index contributed by atoms with van der Waals surface area (Å²) in [6.45, 7) is 3.31. The molecule has 1 atom stereocenters. The van der Waals surface area contributed by atoms with Gasteiger partial charge >= 0.3 is 12.1 Å². The number of likely N-dealkylation sites (tertiary alicyclic amines) is 1. The molecule has 0 bridgehead atoms. The maximum Gasteiger partial charge on any atom is 0.407 e. The number of hydrogen-bond acceptors (Lipinski definition) is 8. The van der Waals surface area contributed by atoms with Gasteiger partial charge in [0.05, 0.1) is 29.0 Å². The molecule has 2 aromatic heterocycles. The Hall–Kier alpha value is -3.96. The number of aromatic nitrogens is 2. The van der Waals surface area contributed by atoms with Crippen molar-refractivity contribution in [1.82, 2.24) is 19.4 Å². The van der Waals surface area contributed by atoms with Gasteiger partial charge in [-0.25, -0.2) is 14.6 Å². The van der Waals surface area contributed by atoms with Crippen molar-refractivity contribution >= 4 is 23.0 Å². The van der Waals surface area contributed by atoms with Gasteiger partial charge in [-0.2, -0.15) is 0 Å². The van der Waals surface area contributed by atoms with E-state index in [4.69, 9.17) is 14.5 Å². The van der Waals surface area contributed by atoms with E-state index in [-0.39, 0.29) is 24.7 Å². The van der Waals surface area contributed by atoms with Crippen LogP contribution in [0.5, 0.6) is 5.75 Å². The lowest BCUT2D eigenvalue weighted by Crippen LogP contribution is -2.44. The first-order valence-corrected chi connectivity index (χ1v) is 13.5. The normalized spacial score (nSPS) is 20.3. The quantitative estimate of drug-likeness (QED) is 0.361. The third kappa shape index (κ3) is 4.11. The van der Waals surface area contributed by atoms with Crippen molar-refractivity contribution in [3.8, 4) is 17.1 Å². The highest BCUT2D eigenvalue weighted by Gasteiger charge is 2.45. The number of benzene rings is 1. The molecule has 40 heavy (non-hydrogen) atoms. The maximum atomic E-state index is 13.5. The highest BCUT2D eigenvalue weighted by molar-refractivity contribution is 5.89. The van der Waals surface area contributed by atoms with E-state index in [1.165, 1.54) is 4.90 Å². The Balaban J connectivity index is 1.41. The van der Waals surface area contributed by atoms with Gasteiger partial charge in [-0.05, 0) is 44.8 Å². The second-order valence-electron chi connectivity index (χ2n) is 11.0. The lowest BCUT2D eigenvalue weighted by molar-refractivity contribution is -0.172. The number of piperidine rings is 1. The van der Waals surface area contributed by atoms with Crippen LogP contribution in [0.15, 0.2) is 29.1 Å². The number of amides is 1. The van der Waals surface area contributed by atoms with Crippen LogP contribution in [-0.2, 0) is 34.8 Å². The number of aliphatic hydroxyl groups is 1. The Morgan fingerprint density at radius 1 is 1.23 bits per heavy atom. The third-order valence-electron chi connectivity index (χ3n) is 8.24. The molecule has 6 rings (SSSR count). The number of pyridine rings is 2. The number of carboxylic acid groups (broad SMARTS) is 1. The van der Waals surface area contributed by atoms with Crippen LogP contribution in [0.1, 0.15) is 48.4 Å². The predicted octanol–water partition coefficient (Wildman–Crippen LogP) is 2.66. The molecule has 1 unspecified atom stereocenters. The Morgan fingerprint density at radius 2 is 1.98 bits per heavy atom. The molecule has 3 aliphatic heterocycles. The van der Waals surface area contributed by atoms with Gasteiger partial charge in [0.1, 0.15) is 18.5 Å². The van der Waals surface area contributed by atoms with Crippen molar-refractivity contribution < 1.29 is 29.3 Å². The van der Waals surface area contributed by atoms with E-state index in [9.17, 15) is 24.6 Å². The number of cyclic esters (lactones) is 1. The van der Waals surface area contributed by atoms with Gasteiger partial charge in [-0.15, -0.1) is 0 Å². The minimum Gasteiger partial charge on any atom is -0.490 e. The van der Waals surface area contributed by atoms with Crippen LogP contribution < -0.4 is 10.3 Å². The highest BCUT2D eigenvalue weighted by Crippen LogP contribution is 2.40. The van der Waals surface area contributed by atoms with Crippen LogP contribution >= 0.6 is 0 Å². The van der Waals surface area contributed by atoms with Crippen LogP contribution in [-0.4, -0.2) is 74.9 Å². The summed E-state index contributed by atoms with van der Waals surface area (Å²) in [4.78, 5) is 45.7. The molecular formula is C29H32N4O7. The van der Waals surface area contributed by atoms with Gasteiger partial charge in [-0.3, -0.25) is 4.79 Å². The average Bonchev–Trinajstić information content (AvgIpc) is 3.29. The van der Waals surface area contributed by atoms with Crippen LogP contribution in [0.2, 0.25) is 0 Å². The van der Waals surface area contributed by atoms with Gasteiger partial charge in [0, 0.05) is 54.6 Å². The Labute approximate surface area is 230 Å². The smallest absolute Gasteiger partial charge is 0.407 e. The summed E-state index contributed by atoms with van der Waals surface area (Å²) in [7, 11) is 3.96. The van der Waals surface area contributed by atoms with E-state index < -0.39 is 17.7 Å². The van der Waals surface area contributed by atoms with Crippen LogP contribution in [0.4, 0.5) is 4.79 Å². The summed E-state index contributed by atoms with van der Waals surface area (Å²) in [5, 5.41) is 21.3. The molecule has 0 aliphatic carbocycles. The number of carbonyl (C=O) groups is 2. The average molecular weight is 549 g/mol. The number of nitrogens with zero attached hydrogens (tertiary/aromatic N) is 4. The fourth-order valence-electron chi connectivity index (χ4n) is 6.03. The Kier molecular flexibility index (Phi) is 6.30. The van der Waals surface area contributed by atoms with Crippen molar-refractivity contribution in [2.75, 3.05) is 27.2 Å². The van der Waals surface area contributed by atoms with Crippen molar-refractivity contribution in [2.24, 2.45) is 0 Å². The van der Waals surface area contributed by atoms with Crippen LogP contribution in [0, 0.1) is 0 Å². The maximum absolute atomic E-state index is 13.5. The molecule has 5 heterocycles. The molecule has 210 valence electrons. The summed E-state index contributed by atoms with van der Waals surface area (Å²) in [6, 6.07) is 7.57. The van der Waals surface area contributed by atoms with E-state index in [1.807, 2.05) is 26.2 Å². The Bertz CT molecular complexity index is 1610. The van der Waals surface area contributed by atoms with E-state index in [0.29, 0.717) is 61.5 Å². The molecule has 0 spiro atoms. The number of fused-ring (bicyclic) bond motifs is 5. The molecule has 3 aromatic rings. The number of esters is 1. The first kappa shape index (κ1) is 26.3. The SMILES string of the molecule is CCC1(O)C(=O)OCc2c1cc1n(c2=O)Cc2cc3c(CN(C)C)c(OC4CCN(C(=O)O)CC4)ccc3nc2-1. The predicted molar refractivity (Wildman–Crippen MR) is 145 cm³/mol. The first-order chi connectivity index (χ1) is 19.1. The summed E-state index contributed by atoms with van der Waals surface area (Å²) in [5.41, 5.74) is 2.23. The minimum absolute atomic E-state index is 0.0890. The van der Waals surface area contributed by atoms with Crippen molar-refractivity contribution in [3.63, 3.8) is 0 Å². The summed E-state index contributed by atoms with van der Waals surface area (Å²) in [5.74, 6) is -0.00503. The number of rotatable bonds is 5. The zero-order valence-electron chi connectivity index (χ0n) is 22.8. The Morgan fingerprint density at radius 3 is 2.65 bits per heavy atom. The molecular weight excluding hydrogens is 516 g/mol. The molecule has 1 fully saturated rings. The molecule has 3 aliphatic rings.